The van der Waals surface area contributed by atoms with Gasteiger partial charge in [0, 0.05) is 19.0 Å². The molecule has 0 aliphatic rings. The monoisotopic (exact) mass is 275 g/mol. The maximum Gasteiger partial charge on any atom is 0.133 e. The van der Waals surface area contributed by atoms with Gasteiger partial charge in [0.05, 0.1) is 18.2 Å². The molecule has 0 radical (unpaired) electrons. The number of rotatable bonds is 4. The van der Waals surface area contributed by atoms with Gasteiger partial charge in [-0.3, -0.25) is 0 Å². The molecular formula is C15H25N5. The first-order chi connectivity index (χ1) is 9.36. The molecule has 2 aromatic rings. The second kappa shape index (κ2) is 5.31. The van der Waals surface area contributed by atoms with Crippen molar-refractivity contribution in [3.63, 3.8) is 0 Å². The highest BCUT2D eigenvalue weighted by Gasteiger charge is 2.26. The first kappa shape index (κ1) is 14.6. The van der Waals surface area contributed by atoms with Crippen LogP contribution in [0, 0.1) is 0 Å². The fraction of sp³-hybridized carbons (Fsp3) is 0.600. The molecule has 2 aromatic heterocycles. The maximum absolute atomic E-state index is 6.36. The molecule has 0 amide bonds. The smallest absolute Gasteiger partial charge is 0.133 e. The summed E-state index contributed by atoms with van der Waals surface area (Å²) >= 11 is 0. The number of nitrogen functional groups attached to an aromatic ring is 1. The predicted molar refractivity (Wildman–Crippen MR) is 82.4 cm³/mol. The summed E-state index contributed by atoms with van der Waals surface area (Å²) in [6, 6.07) is 0. The fourth-order valence-electron chi connectivity index (χ4n) is 2.35. The second-order valence-electron chi connectivity index (χ2n) is 6.31. The quantitative estimate of drug-likeness (QED) is 0.933. The summed E-state index contributed by atoms with van der Waals surface area (Å²) in [6.45, 7) is 9.62. The van der Waals surface area contributed by atoms with E-state index < -0.39 is 0 Å². The highest BCUT2D eigenvalue weighted by molar-refractivity contribution is 5.68. The van der Waals surface area contributed by atoms with Crippen molar-refractivity contribution in [2.24, 2.45) is 7.05 Å². The van der Waals surface area contributed by atoms with Crippen molar-refractivity contribution in [3.05, 3.63) is 18.3 Å². The van der Waals surface area contributed by atoms with E-state index in [1.54, 1.807) is 6.33 Å². The van der Waals surface area contributed by atoms with Gasteiger partial charge in [-0.2, -0.15) is 0 Å². The lowest BCUT2D eigenvalue weighted by Crippen LogP contribution is -2.20. The minimum Gasteiger partial charge on any atom is -0.383 e. The molecular weight excluding hydrogens is 250 g/mol. The van der Waals surface area contributed by atoms with Crippen LogP contribution in [-0.2, 0) is 19.0 Å². The highest BCUT2D eigenvalue weighted by Crippen LogP contribution is 2.31. The summed E-state index contributed by atoms with van der Waals surface area (Å²) in [5, 5.41) is 0. The topological polar surface area (TPSA) is 61.7 Å². The van der Waals surface area contributed by atoms with E-state index in [-0.39, 0.29) is 5.41 Å². The number of nitrogens with two attached hydrogens (primary N) is 1. The van der Waals surface area contributed by atoms with Gasteiger partial charge >= 0.3 is 0 Å². The fourth-order valence-corrected chi connectivity index (χ4v) is 2.35. The Morgan fingerprint density at radius 3 is 2.50 bits per heavy atom. The Balaban J connectivity index is 2.55. The van der Waals surface area contributed by atoms with Gasteiger partial charge in [-0.05, 0) is 6.42 Å². The molecule has 0 spiro atoms. The average Bonchev–Trinajstić information content (AvgIpc) is 2.90. The number of aryl methyl sites for hydroxylation is 1. The normalized spacial score (nSPS) is 12.1. The third kappa shape index (κ3) is 2.57. The Labute approximate surface area is 120 Å². The van der Waals surface area contributed by atoms with Gasteiger partial charge < -0.3 is 14.9 Å². The van der Waals surface area contributed by atoms with Gasteiger partial charge in [0.1, 0.15) is 17.3 Å². The molecule has 0 aromatic carbocycles. The van der Waals surface area contributed by atoms with Crippen LogP contribution >= 0.6 is 0 Å². The zero-order chi connectivity index (χ0) is 14.9. The highest BCUT2D eigenvalue weighted by atomic mass is 15.2. The number of unbranched alkanes of at least 4 members (excludes halogenated alkanes) is 1. The van der Waals surface area contributed by atoms with Gasteiger partial charge in [-0.1, -0.05) is 34.1 Å². The molecule has 2 heterocycles. The molecule has 110 valence electrons. The number of aromatic nitrogens is 4. The lowest BCUT2D eigenvalue weighted by Gasteiger charge is -2.20. The molecule has 2 N–H and O–H groups in total. The van der Waals surface area contributed by atoms with Crippen LogP contribution in [-0.4, -0.2) is 19.1 Å². The van der Waals surface area contributed by atoms with Crippen molar-refractivity contribution in [2.45, 2.75) is 52.5 Å². The SMILES string of the molecule is CCCCn1c(C(C)(C)C)nc(-c2cncn2C)c1N. The zero-order valence-electron chi connectivity index (χ0n) is 13.1. The molecule has 0 bridgehead atoms. The second-order valence-corrected chi connectivity index (χ2v) is 6.31. The predicted octanol–water partition coefficient (Wildman–Crippen LogP) is 2.96. The number of hydrogen-bond donors (Lipinski definition) is 1. The molecule has 20 heavy (non-hydrogen) atoms. The third-order valence-electron chi connectivity index (χ3n) is 3.47. The van der Waals surface area contributed by atoms with Gasteiger partial charge in [0.25, 0.3) is 0 Å². The van der Waals surface area contributed by atoms with Crippen LogP contribution in [0.1, 0.15) is 46.4 Å². The van der Waals surface area contributed by atoms with E-state index in [4.69, 9.17) is 10.7 Å². The van der Waals surface area contributed by atoms with Crippen molar-refractivity contribution in [1.82, 2.24) is 19.1 Å². The Morgan fingerprint density at radius 2 is 2.00 bits per heavy atom. The van der Waals surface area contributed by atoms with E-state index in [2.05, 4.69) is 37.2 Å². The van der Waals surface area contributed by atoms with Crippen molar-refractivity contribution < 1.29 is 0 Å². The molecule has 0 aliphatic heterocycles. The van der Waals surface area contributed by atoms with Crippen LogP contribution in [0.2, 0.25) is 0 Å². The van der Waals surface area contributed by atoms with Crippen LogP contribution in [0.5, 0.6) is 0 Å². The molecule has 0 fully saturated rings. The van der Waals surface area contributed by atoms with E-state index in [0.29, 0.717) is 0 Å². The van der Waals surface area contributed by atoms with Crippen molar-refractivity contribution in [2.75, 3.05) is 5.73 Å². The molecule has 5 heteroatoms. The Kier molecular flexibility index (Phi) is 3.88. The van der Waals surface area contributed by atoms with E-state index >= 15 is 0 Å². The van der Waals surface area contributed by atoms with Crippen molar-refractivity contribution >= 4 is 5.82 Å². The lowest BCUT2D eigenvalue weighted by molar-refractivity contribution is 0.491. The van der Waals surface area contributed by atoms with E-state index in [1.807, 2.05) is 17.8 Å². The molecule has 0 aliphatic carbocycles. The van der Waals surface area contributed by atoms with Crippen molar-refractivity contribution in [1.29, 1.82) is 0 Å². The molecule has 0 atom stereocenters. The molecule has 0 unspecified atom stereocenters. The summed E-state index contributed by atoms with van der Waals surface area (Å²) in [5.41, 5.74) is 8.13. The summed E-state index contributed by atoms with van der Waals surface area (Å²) in [5.74, 6) is 1.78. The number of imidazole rings is 2. The van der Waals surface area contributed by atoms with Crippen LogP contribution < -0.4 is 5.73 Å². The molecule has 0 saturated carbocycles. The summed E-state index contributed by atoms with van der Waals surface area (Å²) in [4.78, 5) is 8.97. The number of nitrogens with zero attached hydrogens (tertiary/aromatic N) is 4. The lowest BCUT2D eigenvalue weighted by atomic mass is 9.95. The third-order valence-corrected chi connectivity index (χ3v) is 3.47. The molecule has 2 rings (SSSR count). The Morgan fingerprint density at radius 1 is 1.30 bits per heavy atom. The first-order valence-corrected chi connectivity index (χ1v) is 7.19. The van der Waals surface area contributed by atoms with Gasteiger partial charge in [0.2, 0.25) is 0 Å². The van der Waals surface area contributed by atoms with Gasteiger partial charge in [-0.25, -0.2) is 9.97 Å². The Bertz CT molecular complexity index is 586. The Hall–Kier alpha value is -1.78. The van der Waals surface area contributed by atoms with E-state index in [9.17, 15) is 0 Å². The zero-order valence-corrected chi connectivity index (χ0v) is 13.1. The van der Waals surface area contributed by atoms with Crippen LogP contribution in [0.3, 0.4) is 0 Å². The van der Waals surface area contributed by atoms with Crippen LogP contribution in [0.15, 0.2) is 12.5 Å². The molecule has 0 saturated heterocycles. The van der Waals surface area contributed by atoms with E-state index in [0.717, 1.165) is 42.4 Å². The van der Waals surface area contributed by atoms with Gasteiger partial charge in [0.15, 0.2) is 0 Å². The van der Waals surface area contributed by atoms with E-state index in [1.165, 1.54) is 0 Å². The van der Waals surface area contributed by atoms with Crippen LogP contribution in [0.25, 0.3) is 11.4 Å². The minimum atomic E-state index is -0.0291. The van der Waals surface area contributed by atoms with Crippen LogP contribution in [0.4, 0.5) is 5.82 Å². The van der Waals surface area contributed by atoms with Gasteiger partial charge in [-0.15, -0.1) is 0 Å². The minimum absolute atomic E-state index is 0.0291. The number of anilines is 1. The standard InChI is InChI=1S/C15H25N5/c1-6-7-8-20-13(16)12(11-9-17-10-19(11)5)18-14(20)15(2,3)4/h9-10H,6-8,16H2,1-5H3. The summed E-state index contributed by atoms with van der Waals surface area (Å²) < 4.78 is 4.11. The molecule has 5 nitrogen and oxygen atoms in total. The maximum atomic E-state index is 6.36. The summed E-state index contributed by atoms with van der Waals surface area (Å²) in [6.07, 6.45) is 5.84. The van der Waals surface area contributed by atoms with Crippen molar-refractivity contribution in [3.8, 4) is 11.4 Å². The first-order valence-electron chi connectivity index (χ1n) is 7.19. The largest absolute Gasteiger partial charge is 0.383 e. The summed E-state index contributed by atoms with van der Waals surface area (Å²) in [7, 11) is 1.96. The number of hydrogen-bond acceptors (Lipinski definition) is 3. The average molecular weight is 275 g/mol.